The first-order chi connectivity index (χ1) is 7.25. The highest BCUT2D eigenvalue weighted by atomic mass is 35.5. The van der Waals surface area contributed by atoms with Crippen molar-refractivity contribution < 1.29 is 4.79 Å². The zero-order valence-electron chi connectivity index (χ0n) is 7.80. The quantitative estimate of drug-likeness (QED) is 0.725. The van der Waals surface area contributed by atoms with Gasteiger partial charge in [-0.3, -0.25) is 4.79 Å². The van der Waals surface area contributed by atoms with Crippen LogP contribution in [0.15, 0.2) is 34.3 Å². The maximum absolute atomic E-state index is 11.2. The van der Waals surface area contributed by atoms with Crippen LogP contribution in [0.25, 0.3) is 0 Å². The molecule has 0 aromatic heterocycles. The van der Waals surface area contributed by atoms with Crippen LogP contribution in [0.5, 0.6) is 0 Å². The largest absolute Gasteiger partial charge is 0.323 e. The van der Waals surface area contributed by atoms with E-state index in [9.17, 15) is 4.79 Å². The summed E-state index contributed by atoms with van der Waals surface area (Å²) in [5.74, 6) is -0.220. The summed E-state index contributed by atoms with van der Waals surface area (Å²) < 4.78 is 0. The fourth-order valence-electron chi connectivity index (χ4n) is 1.23. The minimum atomic E-state index is -0.220. The van der Waals surface area contributed by atoms with Crippen LogP contribution in [-0.4, -0.2) is 25.1 Å². The van der Waals surface area contributed by atoms with Crippen LogP contribution in [-0.2, 0) is 4.79 Å². The van der Waals surface area contributed by atoms with Gasteiger partial charge in [0.15, 0.2) is 0 Å². The predicted octanol–water partition coefficient (Wildman–Crippen LogP) is 1.74. The lowest BCUT2D eigenvalue weighted by atomic mass is 10.3. The highest BCUT2D eigenvalue weighted by Crippen LogP contribution is 2.17. The van der Waals surface area contributed by atoms with E-state index in [1.54, 1.807) is 23.4 Å². The van der Waals surface area contributed by atoms with Crippen molar-refractivity contribution in [1.82, 2.24) is 0 Å². The average molecular weight is 222 g/mol. The zero-order chi connectivity index (χ0) is 10.7. The van der Waals surface area contributed by atoms with E-state index in [0.29, 0.717) is 5.02 Å². The standard InChI is InChI=1S/C10H8ClN3O/c11-8-1-3-9(4-2-8)14-5-10(15)13-6-12-7-14/h1-4,6-7H,5H2. The van der Waals surface area contributed by atoms with E-state index < -0.39 is 0 Å². The van der Waals surface area contributed by atoms with Gasteiger partial charge < -0.3 is 4.90 Å². The Morgan fingerprint density at radius 1 is 1.27 bits per heavy atom. The number of hydrogen-bond acceptors (Lipinski definition) is 3. The first-order valence-corrected chi connectivity index (χ1v) is 4.74. The van der Waals surface area contributed by atoms with Gasteiger partial charge >= 0.3 is 0 Å². The molecule has 0 unspecified atom stereocenters. The number of carbonyl (C=O) groups is 1. The summed E-state index contributed by atoms with van der Waals surface area (Å²) in [4.78, 5) is 20.3. The van der Waals surface area contributed by atoms with Gasteiger partial charge in [0.25, 0.3) is 5.91 Å². The second kappa shape index (κ2) is 4.23. The van der Waals surface area contributed by atoms with Crippen LogP contribution in [0.2, 0.25) is 5.02 Å². The van der Waals surface area contributed by atoms with Crippen molar-refractivity contribution in [3.63, 3.8) is 0 Å². The molecule has 0 saturated carbocycles. The number of halogens is 1. The molecule has 1 aromatic rings. The third kappa shape index (κ3) is 2.41. The van der Waals surface area contributed by atoms with Crippen LogP contribution < -0.4 is 4.90 Å². The molecule has 1 amide bonds. The zero-order valence-corrected chi connectivity index (χ0v) is 8.55. The van der Waals surface area contributed by atoms with E-state index in [2.05, 4.69) is 9.98 Å². The van der Waals surface area contributed by atoms with Crippen molar-refractivity contribution >= 4 is 35.9 Å². The van der Waals surface area contributed by atoms with Gasteiger partial charge in [0.05, 0.1) is 6.34 Å². The number of hydrogen-bond donors (Lipinski definition) is 0. The first kappa shape index (κ1) is 9.86. The SMILES string of the molecule is O=C1CN(c2ccc(Cl)cc2)C=NC=N1. The van der Waals surface area contributed by atoms with E-state index in [-0.39, 0.29) is 12.5 Å². The summed E-state index contributed by atoms with van der Waals surface area (Å²) in [6.45, 7) is 0.196. The minimum absolute atomic E-state index is 0.196. The lowest BCUT2D eigenvalue weighted by Gasteiger charge is -2.16. The lowest BCUT2D eigenvalue weighted by molar-refractivity contribution is -0.116. The molecule has 4 nitrogen and oxygen atoms in total. The van der Waals surface area contributed by atoms with Gasteiger partial charge in [-0.25, -0.2) is 4.99 Å². The van der Waals surface area contributed by atoms with Crippen molar-refractivity contribution in [2.45, 2.75) is 0 Å². The van der Waals surface area contributed by atoms with Crippen LogP contribution in [0.1, 0.15) is 0 Å². The van der Waals surface area contributed by atoms with Gasteiger partial charge in [0.2, 0.25) is 0 Å². The molecule has 1 aliphatic rings. The van der Waals surface area contributed by atoms with Gasteiger partial charge in [-0.05, 0) is 24.3 Å². The molecule has 0 fully saturated rings. The topological polar surface area (TPSA) is 45.0 Å². The van der Waals surface area contributed by atoms with Crippen molar-refractivity contribution in [2.24, 2.45) is 9.98 Å². The normalized spacial score (nSPS) is 15.5. The molecule has 0 spiro atoms. The Morgan fingerprint density at radius 3 is 2.73 bits per heavy atom. The molecule has 0 bridgehead atoms. The third-order valence-electron chi connectivity index (χ3n) is 1.94. The Morgan fingerprint density at radius 2 is 2.00 bits per heavy atom. The number of aliphatic imine (C=N–C) groups is 2. The number of rotatable bonds is 1. The molecule has 5 heteroatoms. The number of nitrogens with zero attached hydrogens (tertiary/aromatic N) is 3. The van der Waals surface area contributed by atoms with Crippen LogP contribution in [0, 0.1) is 0 Å². The smallest absolute Gasteiger partial charge is 0.267 e. The number of carbonyl (C=O) groups excluding carboxylic acids is 1. The molecule has 76 valence electrons. The molecule has 1 heterocycles. The number of amides is 1. The number of benzene rings is 1. The Hall–Kier alpha value is -1.68. The van der Waals surface area contributed by atoms with E-state index in [4.69, 9.17) is 11.6 Å². The Kier molecular flexibility index (Phi) is 2.78. The molecule has 15 heavy (non-hydrogen) atoms. The van der Waals surface area contributed by atoms with Crippen molar-refractivity contribution in [2.75, 3.05) is 11.4 Å². The Labute approximate surface area is 91.9 Å². The molecule has 0 radical (unpaired) electrons. The summed E-state index contributed by atoms with van der Waals surface area (Å²) in [5.41, 5.74) is 0.863. The summed E-state index contributed by atoms with van der Waals surface area (Å²) in [5, 5.41) is 0.660. The minimum Gasteiger partial charge on any atom is -0.323 e. The monoisotopic (exact) mass is 221 g/mol. The molecule has 1 aliphatic heterocycles. The lowest BCUT2D eigenvalue weighted by Crippen LogP contribution is -2.26. The molecule has 1 aromatic carbocycles. The maximum atomic E-state index is 11.2. The molecule has 0 saturated heterocycles. The summed E-state index contributed by atoms with van der Waals surface area (Å²) >= 11 is 5.77. The summed E-state index contributed by atoms with van der Waals surface area (Å²) in [7, 11) is 0. The van der Waals surface area contributed by atoms with Crippen molar-refractivity contribution in [3.05, 3.63) is 29.3 Å². The van der Waals surface area contributed by atoms with Crippen molar-refractivity contribution in [3.8, 4) is 0 Å². The van der Waals surface area contributed by atoms with Gasteiger partial charge in [0, 0.05) is 10.7 Å². The van der Waals surface area contributed by atoms with Gasteiger partial charge in [-0.2, -0.15) is 4.99 Å². The second-order valence-electron chi connectivity index (χ2n) is 3.01. The fraction of sp³-hybridized carbons (Fsp3) is 0.100. The molecule has 0 N–H and O–H groups in total. The fourth-order valence-corrected chi connectivity index (χ4v) is 1.35. The molecular weight excluding hydrogens is 214 g/mol. The predicted molar refractivity (Wildman–Crippen MR) is 60.8 cm³/mol. The Balaban J connectivity index is 2.23. The van der Waals surface area contributed by atoms with Crippen LogP contribution in [0.3, 0.4) is 0 Å². The van der Waals surface area contributed by atoms with E-state index >= 15 is 0 Å². The first-order valence-electron chi connectivity index (χ1n) is 4.36. The summed E-state index contributed by atoms with van der Waals surface area (Å²) in [6.07, 6.45) is 2.82. The second-order valence-corrected chi connectivity index (χ2v) is 3.44. The molecular formula is C10H8ClN3O. The summed E-state index contributed by atoms with van der Waals surface area (Å²) in [6, 6.07) is 7.18. The molecule has 0 aliphatic carbocycles. The van der Waals surface area contributed by atoms with E-state index in [0.717, 1.165) is 5.69 Å². The third-order valence-corrected chi connectivity index (χ3v) is 2.19. The Bertz CT molecular complexity index is 425. The molecule has 2 rings (SSSR count). The number of anilines is 1. The van der Waals surface area contributed by atoms with Gasteiger partial charge in [0.1, 0.15) is 12.9 Å². The maximum Gasteiger partial charge on any atom is 0.267 e. The highest BCUT2D eigenvalue weighted by molar-refractivity contribution is 6.30. The van der Waals surface area contributed by atoms with Crippen LogP contribution in [0.4, 0.5) is 5.69 Å². The van der Waals surface area contributed by atoms with Crippen molar-refractivity contribution in [1.29, 1.82) is 0 Å². The average Bonchev–Trinajstić information content (AvgIpc) is 2.44. The van der Waals surface area contributed by atoms with E-state index in [1.807, 2.05) is 12.1 Å². The van der Waals surface area contributed by atoms with Gasteiger partial charge in [-0.1, -0.05) is 11.6 Å². The molecule has 0 atom stereocenters. The van der Waals surface area contributed by atoms with Gasteiger partial charge in [-0.15, -0.1) is 0 Å². The van der Waals surface area contributed by atoms with E-state index in [1.165, 1.54) is 6.34 Å². The highest BCUT2D eigenvalue weighted by Gasteiger charge is 2.10. The van der Waals surface area contributed by atoms with Crippen LogP contribution >= 0.6 is 11.6 Å².